The van der Waals surface area contributed by atoms with Crippen molar-refractivity contribution in [1.29, 1.82) is 0 Å². The normalized spacial score (nSPS) is 15.5. The number of nitrogens with two attached hydrogens (primary N) is 1. The number of ether oxygens (including phenoxy) is 2. The van der Waals surface area contributed by atoms with E-state index < -0.39 is 17.3 Å². The predicted molar refractivity (Wildman–Crippen MR) is 124 cm³/mol. The van der Waals surface area contributed by atoms with Gasteiger partial charge in [-0.3, -0.25) is 14.2 Å². The number of carbonyl (C=O) groups is 2. The van der Waals surface area contributed by atoms with Gasteiger partial charge >= 0.3 is 0 Å². The summed E-state index contributed by atoms with van der Waals surface area (Å²) in [4.78, 5) is 23.9. The van der Waals surface area contributed by atoms with E-state index in [1.165, 1.54) is 11.8 Å². The van der Waals surface area contributed by atoms with E-state index in [1.54, 1.807) is 37.3 Å². The molecule has 0 unspecified atom stereocenters. The molecule has 10 heteroatoms. The van der Waals surface area contributed by atoms with Crippen LogP contribution in [0.2, 0.25) is 0 Å². The quantitative estimate of drug-likeness (QED) is 0.387. The average Bonchev–Trinajstić information content (AvgIpc) is 3.21. The van der Waals surface area contributed by atoms with Crippen molar-refractivity contribution >= 4 is 29.3 Å². The summed E-state index contributed by atoms with van der Waals surface area (Å²) in [5.74, 6) is 1.19. The molecule has 3 aromatic rings. The van der Waals surface area contributed by atoms with E-state index in [0.29, 0.717) is 46.9 Å². The van der Waals surface area contributed by atoms with Crippen LogP contribution in [0.5, 0.6) is 11.5 Å². The van der Waals surface area contributed by atoms with Gasteiger partial charge in [0.05, 0.1) is 5.25 Å². The Kier molecular flexibility index (Phi) is 6.64. The number of anilines is 1. The van der Waals surface area contributed by atoms with Gasteiger partial charge < -0.3 is 20.5 Å². The molecule has 2 amide bonds. The lowest BCUT2D eigenvalue weighted by molar-refractivity contribution is -0.115. The highest BCUT2D eigenvalue weighted by Gasteiger charge is 2.29. The Morgan fingerprint density at radius 3 is 2.67 bits per heavy atom. The maximum atomic E-state index is 12.7. The monoisotopic (exact) mass is 465 g/mol. The molecule has 1 aliphatic heterocycles. The zero-order valence-corrected chi connectivity index (χ0v) is 18.7. The second-order valence-electron chi connectivity index (χ2n) is 7.30. The lowest BCUT2D eigenvalue weighted by Gasteiger charge is -2.26. The van der Waals surface area contributed by atoms with Crippen LogP contribution < -0.4 is 20.5 Å². The fourth-order valence-corrected chi connectivity index (χ4v) is 4.11. The Morgan fingerprint density at radius 2 is 1.97 bits per heavy atom. The van der Waals surface area contributed by atoms with Crippen LogP contribution in [0.15, 0.2) is 66.3 Å². The molecule has 0 aliphatic carbocycles. The van der Waals surface area contributed by atoms with E-state index in [2.05, 4.69) is 22.1 Å². The number of hydrogen-bond acceptors (Lipinski definition) is 7. The molecule has 0 spiro atoms. The van der Waals surface area contributed by atoms with Gasteiger partial charge in [0.25, 0.3) is 0 Å². The summed E-state index contributed by atoms with van der Waals surface area (Å²) >= 11 is 1.28. The molecular formula is C23H23N5O4S. The molecule has 0 saturated heterocycles. The van der Waals surface area contributed by atoms with Gasteiger partial charge in [-0.15, -0.1) is 16.8 Å². The summed E-state index contributed by atoms with van der Waals surface area (Å²) in [5, 5.41) is 11.5. The highest BCUT2D eigenvalue weighted by atomic mass is 32.2. The number of nitrogens with one attached hydrogen (secondary N) is 1. The number of fused-ring (bicyclic) bond motifs is 1. The number of benzene rings is 2. The third-order valence-electron chi connectivity index (χ3n) is 4.94. The van der Waals surface area contributed by atoms with Gasteiger partial charge in [-0.25, -0.2) is 0 Å². The second-order valence-corrected chi connectivity index (χ2v) is 8.60. The van der Waals surface area contributed by atoms with Gasteiger partial charge in [-0.2, -0.15) is 0 Å². The number of aromatic nitrogens is 3. The molecule has 33 heavy (non-hydrogen) atoms. The molecule has 0 fully saturated rings. The first-order chi connectivity index (χ1) is 16.0. The zero-order chi connectivity index (χ0) is 23.4. The van der Waals surface area contributed by atoms with Crippen LogP contribution in [0.3, 0.4) is 0 Å². The maximum Gasteiger partial charge on any atom is 0.248 e. The molecule has 170 valence electrons. The summed E-state index contributed by atoms with van der Waals surface area (Å²) < 4.78 is 13.7. The molecule has 0 bridgehead atoms. The van der Waals surface area contributed by atoms with Gasteiger partial charge in [0.2, 0.25) is 11.8 Å². The smallest absolute Gasteiger partial charge is 0.248 e. The largest absolute Gasteiger partial charge is 0.485 e. The van der Waals surface area contributed by atoms with E-state index in [-0.39, 0.29) is 5.91 Å². The molecule has 3 N–H and O–H groups in total. The van der Waals surface area contributed by atoms with Crippen LogP contribution in [-0.4, -0.2) is 38.4 Å². The number of nitrogens with zero attached hydrogens (tertiary/aromatic N) is 3. The minimum Gasteiger partial charge on any atom is -0.485 e. The van der Waals surface area contributed by atoms with Crippen molar-refractivity contribution in [2.45, 2.75) is 30.0 Å². The van der Waals surface area contributed by atoms with E-state index in [4.69, 9.17) is 15.2 Å². The van der Waals surface area contributed by atoms with Crippen molar-refractivity contribution in [1.82, 2.24) is 14.8 Å². The number of carbonyl (C=O) groups excluding carboxylic acids is 2. The Bertz CT molecular complexity index is 1180. The first kappa shape index (κ1) is 22.4. The summed E-state index contributed by atoms with van der Waals surface area (Å²) in [7, 11) is 0. The molecule has 1 aromatic heterocycles. The molecule has 2 heterocycles. The number of rotatable bonds is 8. The standard InChI is InChI=1S/C23H23N5O4S/c1-3-12-28-21(19-13-31-17-6-4-5-7-18(17)32-19)26-27-23(28)33-14(2)22(30)25-16-10-8-15(9-11-16)20(24)29/h3-11,14,19H,1,12-13H2,2H3,(H2,24,29)(H,25,30)/t14-,19+/m1/s1. The van der Waals surface area contributed by atoms with Crippen molar-refractivity contribution < 1.29 is 19.1 Å². The number of amides is 2. The molecule has 2 atom stereocenters. The highest BCUT2D eigenvalue weighted by molar-refractivity contribution is 8.00. The van der Waals surface area contributed by atoms with Crippen LogP contribution in [0.25, 0.3) is 0 Å². The fraction of sp³-hybridized carbons (Fsp3) is 0.217. The minimum atomic E-state index is -0.523. The van der Waals surface area contributed by atoms with Gasteiger partial charge in [0, 0.05) is 17.8 Å². The van der Waals surface area contributed by atoms with Crippen LogP contribution in [0.4, 0.5) is 5.69 Å². The van der Waals surface area contributed by atoms with Crippen LogP contribution in [0, 0.1) is 0 Å². The van der Waals surface area contributed by atoms with Crippen molar-refractivity contribution in [3.63, 3.8) is 0 Å². The van der Waals surface area contributed by atoms with E-state index >= 15 is 0 Å². The first-order valence-electron chi connectivity index (χ1n) is 10.3. The van der Waals surface area contributed by atoms with Crippen molar-refractivity contribution in [2.24, 2.45) is 5.73 Å². The molecule has 2 aromatic carbocycles. The maximum absolute atomic E-state index is 12.7. The Hall–Kier alpha value is -3.79. The number of allylic oxidation sites excluding steroid dienone is 1. The van der Waals surface area contributed by atoms with Crippen LogP contribution >= 0.6 is 11.8 Å². The van der Waals surface area contributed by atoms with E-state index in [1.807, 2.05) is 28.8 Å². The Balaban J connectivity index is 1.46. The first-order valence-corrected chi connectivity index (χ1v) is 11.1. The second kappa shape index (κ2) is 9.78. The molecule has 0 radical (unpaired) electrons. The minimum absolute atomic E-state index is 0.215. The number of hydrogen-bond donors (Lipinski definition) is 2. The van der Waals surface area contributed by atoms with Gasteiger partial charge in [-0.05, 0) is 43.3 Å². The van der Waals surface area contributed by atoms with Crippen LogP contribution in [-0.2, 0) is 11.3 Å². The summed E-state index contributed by atoms with van der Waals surface area (Å²) in [5.41, 5.74) is 6.19. The van der Waals surface area contributed by atoms with Crippen LogP contribution in [0.1, 0.15) is 29.2 Å². The van der Waals surface area contributed by atoms with E-state index in [0.717, 1.165) is 0 Å². The molecule has 9 nitrogen and oxygen atoms in total. The van der Waals surface area contributed by atoms with Gasteiger partial charge in [0.15, 0.2) is 28.6 Å². The lowest BCUT2D eigenvalue weighted by atomic mass is 10.2. The number of thioether (sulfide) groups is 1. The van der Waals surface area contributed by atoms with Crippen molar-refractivity contribution in [3.8, 4) is 11.5 Å². The molecule has 0 saturated carbocycles. The Morgan fingerprint density at radius 1 is 1.24 bits per heavy atom. The zero-order valence-electron chi connectivity index (χ0n) is 17.9. The fourth-order valence-electron chi connectivity index (χ4n) is 3.25. The summed E-state index contributed by atoms with van der Waals surface area (Å²) in [6.07, 6.45) is 1.30. The van der Waals surface area contributed by atoms with Gasteiger partial charge in [0.1, 0.15) is 6.61 Å². The van der Waals surface area contributed by atoms with Gasteiger partial charge in [-0.1, -0.05) is 30.0 Å². The highest BCUT2D eigenvalue weighted by Crippen LogP contribution is 2.36. The Labute approximate surface area is 195 Å². The average molecular weight is 466 g/mol. The third-order valence-corrected chi connectivity index (χ3v) is 6.02. The summed E-state index contributed by atoms with van der Waals surface area (Å²) in [6, 6.07) is 13.8. The molecule has 4 rings (SSSR count). The lowest BCUT2D eigenvalue weighted by Crippen LogP contribution is -2.25. The van der Waals surface area contributed by atoms with Crippen molar-refractivity contribution in [2.75, 3.05) is 11.9 Å². The van der Waals surface area contributed by atoms with E-state index in [9.17, 15) is 9.59 Å². The SMILES string of the molecule is C=CCn1c(S[C@H](C)C(=O)Nc2ccc(C(N)=O)cc2)nnc1[C@@H]1COc2ccccc2O1. The molecular weight excluding hydrogens is 442 g/mol. The predicted octanol–water partition coefficient (Wildman–Crippen LogP) is 3.19. The topological polar surface area (TPSA) is 121 Å². The summed E-state index contributed by atoms with van der Waals surface area (Å²) in [6.45, 7) is 6.35. The number of primary amides is 1. The number of para-hydroxylation sites is 2. The third kappa shape index (κ3) is 5.01. The molecule has 1 aliphatic rings. The van der Waals surface area contributed by atoms with Crippen molar-refractivity contribution in [3.05, 3.63) is 72.6 Å².